The van der Waals surface area contributed by atoms with Crippen LogP contribution in [0.15, 0.2) is 48.5 Å². The zero-order chi connectivity index (χ0) is 14.5. The first kappa shape index (κ1) is 14.1. The van der Waals surface area contributed by atoms with Crippen molar-refractivity contribution in [1.82, 2.24) is 5.32 Å². The number of rotatable bonds is 4. The van der Waals surface area contributed by atoms with Gasteiger partial charge in [0.25, 0.3) is 5.91 Å². The zero-order valence-corrected chi connectivity index (χ0v) is 11.4. The fraction of sp³-hybridized carbons (Fsp3) is 0.0667. The summed E-state index contributed by atoms with van der Waals surface area (Å²) in [5.41, 5.74) is 7.64. The third-order valence-electron chi connectivity index (χ3n) is 2.80. The summed E-state index contributed by atoms with van der Waals surface area (Å²) < 4.78 is 12.8. The lowest BCUT2D eigenvalue weighted by molar-refractivity contribution is 0.0951. The molecule has 0 aliphatic heterocycles. The smallest absolute Gasteiger partial charge is 0.251 e. The summed E-state index contributed by atoms with van der Waals surface area (Å²) >= 11 is 4.86. The van der Waals surface area contributed by atoms with Crippen molar-refractivity contribution in [1.29, 1.82) is 0 Å². The summed E-state index contributed by atoms with van der Waals surface area (Å²) in [7, 11) is 0. The van der Waals surface area contributed by atoms with Gasteiger partial charge in [-0.3, -0.25) is 4.79 Å². The summed E-state index contributed by atoms with van der Waals surface area (Å²) in [5.74, 6) is -0.613. The van der Waals surface area contributed by atoms with Crippen LogP contribution in [-0.4, -0.2) is 10.9 Å². The second kappa shape index (κ2) is 6.25. The summed E-state index contributed by atoms with van der Waals surface area (Å²) in [4.78, 5) is 12.2. The topological polar surface area (TPSA) is 55.1 Å². The highest BCUT2D eigenvalue weighted by molar-refractivity contribution is 7.80. The molecular weight excluding hydrogens is 275 g/mol. The summed E-state index contributed by atoms with van der Waals surface area (Å²) in [6, 6.07) is 12.7. The van der Waals surface area contributed by atoms with E-state index in [9.17, 15) is 9.18 Å². The van der Waals surface area contributed by atoms with Crippen LogP contribution >= 0.6 is 12.2 Å². The minimum atomic E-state index is -0.366. The monoisotopic (exact) mass is 288 g/mol. The molecule has 3 N–H and O–H groups in total. The number of hydrogen-bond acceptors (Lipinski definition) is 2. The van der Waals surface area contributed by atoms with Crippen molar-refractivity contribution in [3.05, 3.63) is 71.0 Å². The van der Waals surface area contributed by atoms with E-state index in [1.165, 1.54) is 24.3 Å². The van der Waals surface area contributed by atoms with Crippen LogP contribution in [0.1, 0.15) is 21.5 Å². The van der Waals surface area contributed by atoms with Crippen LogP contribution in [0.3, 0.4) is 0 Å². The Morgan fingerprint density at radius 1 is 1.05 bits per heavy atom. The Bertz CT molecular complexity index is 623. The second-order valence-corrected chi connectivity index (χ2v) is 4.69. The molecule has 20 heavy (non-hydrogen) atoms. The van der Waals surface area contributed by atoms with Gasteiger partial charge in [0.1, 0.15) is 10.8 Å². The van der Waals surface area contributed by atoms with Gasteiger partial charge in [-0.1, -0.05) is 36.5 Å². The molecule has 0 atom stereocenters. The van der Waals surface area contributed by atoms with Crippen LogP contribution in [0.5, 0.6) is 0 Å². The van der Waals surface area contributed by atoms with Crippen molar-refractivity contribution in [2.45, 2.75) is 6.54 Å². The van der Waals surface area contributed by atoms with Gasteiger partial charge < -0.3 is 11.1 Å². The molecule has 2 rings (SSSR count). The molecule has 0 saturated carbocycles. The highest BCUT2D eigenvalue weighted by atomic mass is 32.1. The highest BCUT2D eigenvalue weighted by Crippen LogP contribution is 2.06. The normalized spacial score (nSPS) is 10.1. The minimum absolute atomic E-state index is 0.247. The number of benzene rings is 2. The Kier molecular flexibility index (Phi) is 4.42. The molecule has 0 aliphatic rings. The average Bonchev–Trinajstić information content (AvgIpc) is 2.46. The largest absolute Gasteiger partial charge is 0.389 e. The molecule has 0 unspecified atom stereocenters. The first-order valence-corrected chi connectivity index (χ1v) is 6.39. The van der Waals surface area contributed by atoms with Gasteiger partial charge in [-0.05, 0) is 29.8 Å². The van der Waals surface area contributed by atoms with Crippen LogP contribution in [0.2, 0.25) is 0 Å². The molecule has 102 valence electrons. The molecule has 0 radical (unpaired) electrons. The zero-order valence-electron chi connectivity index (χ0n) is 10.6. The molecule has 0 aromatic heterocycles. The van der Waals surface area contributed by atoms with Crippen molar-refractivity contribution in [2.24, 2.45) is 5.73 Å². The van der Waals surface area contributed by atoms with E-state index < -0.39 is 0 Å². The summed E-state index contributed by atoms with van der Waals surface area (Å²) in [6.07, 6.45) is 0. The van der Waals surface area contributed by atoms with Crippen molar-refractivity contribution in [2.75, 3.05) is 0 Å². The van der Waals surface area contributed by atoms with E-state index in [1.807, 2.05) is 24.3 Å². The van der Waals surface area contributed by atoms with Crippen LogP contribution in [0.4, 0.5) is 4.39 Å². The number of amides is 1. The molecule has 5 heteroatoms. The maximum atomic E-state index is 12.8. The summed E-state index contributed by atoms with van der Waals surface area (Å²) in [6.45, 7) is 0.383. The van der Waals surface area contributed by atoms with Gasteiger partial charge in [0.2, 0.25) is 0 Å². The lowest BCUT2D eigenvalue weighted by atomic mass is 10.1. The van der Waals surface area contributed by atoms with Gasteiger partial charge in [-0.25, -0.2) is 4.39 Å². The number of carbonyl (C=O) groups excluding carboxylic acids is 1. The van der Waals surface area contributed by atoms with E-state index in [-0.39, 0.29) is 11.7 Å². The van der Waals surface area contributed by atoms with Crippen molar-refractivity contribution in [3.8, 4) is 0 Å². The Morgan fingerprint density at radius 3 is 2.15 bits per heavy atom. The maximum Gasteiger partial charge on any atom is 0.251 e. The van der Waals surface area contributed by atoms with E-state index in [4.69, 9.17) is 18.0 Å². The maximum absolute atomic E-state index is 12.8. The van der Waals surface area contributed by atoms with E-state index in [2.05, 4.69) is 5.32 Å². The van der Waals surface area contributed by atoms with Gasteiger partial charge >= 0.3 is 0 Å². The number of nitrogens with two attached hydrogens (primary N) is 1. The number of halogens is 1. The molecule has 0 spiro atoms. The van der Waals surface area contributed by atoms with Gasteiger partial charge in [-0.15, -0.1) is 0 Å². The quantitative estimate of drug-likeness (QED) is 0.849. The summed E-state index contributed by atoms with van der Waals surface area (Å²) in [5, 5.41) is 2.76. The molecule has 2 aromatic carbocycles. The lowest BCUT2D eigenvalue weighted by Crippen LogP contribution is -2.22. The first-order chi connectivity index (χ1) is 9.56. The Hall–Kier alpha value is -2.27. The van der Waals surface area contributed by atoms with Crippen LogP contribution in [0, 0.1) is 5.82 Å². The van der Waals surface area contributed by atoms with Crippen LogP contribution in [-0.2, 0) is 6.54 Å². The Balaban J connectivity index is 1.96. The molecule has 0 fully saturated rings. The fourth-order valence-corrected chi connectivity index (χ4v) is 1.81. The molecule has 3 nitrogen and oxygen atoms in total. The third kappa shape index (κ3) is 3.61. The fourth-order valence-electron chi connectivity index (χ4n) is 1.67. The van der Waals surface area contributed by atoms with Gasteiger partial charge in [0.15, 0.2) is 0 Å². The highest BCUT2D eigenvalue weighted by Gasteiger charge is 2.05. The average molecular weight is 288 g/mol. The van der Waals surface area contributed by atoms with Gasteiger partial charge in [0, 0.05) is 17.7 Å². The Morgan fingerprint density at radius 2 is 1.60 bits per heavy atom. The first-order valence-electron chi connectivity index (χ1n) is 5.99. The lowest BCUT2D eigenvalue weighted by Gasteiger charge is -2.06. The van der Waals surface area contributed by atoms with Crippen LogP contribution in [0.25, 0.3) is 0 Å². The molecule has 2 aromatic rings. The van der Waals surface area contributed by atoms with E-state index in [1.54, 1.807) is 0 Å². The third-order valence-corrected chi connectivity index (χ3v) is 3.03. The number of nitrogens with one attached hydrogen (secondary N) is 1. The predicted octanol–water partition coefficient (Wildman–Crippen LogP) is 2.39. The molecular formula is C15H13FN2OS. The van der Waals surface area contributed by atoms with Crippen molar-refractivity contribution < 1.29 is 9.18 Å². The van der Waals surface area contributed by atoms with Gasteiger partial charge in [0.05, 0.1) is 0 Å². The van der Waals surface area contributed by atoms with E-state index in [0.717, 1.165) is 11.1 Å². The molecule has 0 saturated heterocycles. The number of thiocarbonyl (C=S) groups is 1. The van der Waals surface area contributed by atoms with Crippen molar-refractivity contribution >= 4 is 23.1 Å². The predicted molar refractivity (Wildman–Crippen MR) is 79.9 cm³/mol. The molecule has 0 bridgehead atoms. The minimum Gasteiger partial charge on any atom is -0.389 e. The van der Waals surface area contributed by atoms with Crippen LogP contribution < -0.4 is 11.1 Å². The molecule has 0 aliphatic carbocycles. The SMILES string of the molecule is NC(=S)c1ccc(CNC(=O)c2ccc(F)cc2)cc1. The standard InChI is InChI=1S/C15H13FN2OS/c16-13-7-5-12(6-8-13)15(19)18-9-10-1-3-11(4-2-10)14(17)20/h1-8H,9H2,(H2,17,20)(H,18,19). The van der Waals surface area contributed by atoms with E-state index in [0.29, 0.717) is 17.1 Å². The van der Waals surface area contributed by atoms with Gasteiger partial charge in [-0.2, -0.15) is 0 Å². The second-order valence-electron chi connectivity index (χ2n) is 4.25. The van der Waals surface area contributed by atoms with E-state index >= 15 is 0 Å². The molecule has 0 heterocycles. The number of carbonyl (C=O) groups is 1. The molecule has 1 amide bonds. The van der Waals surface area contributed by atoms with Crippen molar-refractivity contribution in [3.63, 3.8) is 0 Å². The number of hydrogen-bond donors (Lipinski definition) is 2. The Labute approximate surface area is 121 Å².